The SMILES string of the molecule is CC(=O)c1ccccc1NN.CC(C)C(N)C(=O)O. The number of para-hydroxylation sites is 1. The van der Waals surface area contributed by atoms with E-state index in [0.717, 1.165) is 0 Å². The molecular formula is C13H21N3O3. The summed E-state index contributed by atoms with van der Waals surface area (Å²) >= 11 is 0. The summed E-state index contributed by atoms with van der Waals surface area (Å²) in [6, 6.07) is 6.41. The van der Waals surface area contributed by atoms with Crippen LogP contribution in [-0.2, 0) is 4.79 Å². The zero-order valence-corrected chi connectivity index (χ0v) is 11.4. The molecule has 0 radical (unpaired) electrons. The lowest BCUT2D eigenvalue weighted by molar-refractivity contribution is -0.139. The highest BCUT2D eigenvalue weighted by molar-refractivity contribution is 5.99. The fourth-order valence-corrected chi connectivity index (χ4v) is 1.20. The molecule has 106 valence electrons. The first-order valence-corrected chi connectivity index (χ1v) is 5.86. The summed E-state index contributed by atoms with van der Waals surface area (Å²) < 4.78 is 0. The molecule has 0 aromatic heterocycles. The molecule has 1 unspecified atom stereocenters. The van der Waals surface area contributed by atoms with Crippen molar-refractivity contribution in [3.8, 4) is 0 Å². The summed E-state index contributed by atoms with van der Waals surface area (Å²) in [6.45, 7) is 5.06. The van der Waals surface area contributed by atoms with Gasteiger partial charge in [-0.05, 0) is 25.0 Å². The van der Waals surface area contributed by atoms with Crippen molar-refractivity contribution in [3.63, 3.8) is 0 Å². The van der Waals surface area contributed by atoms with E-state index in [2.05, 4.69) is 5.43 Å². The number of ketones is 1. The Morgan fingerprint density at radius 2 is 1.79 bits per heavy atom. The summed E-state index contributed by atoms with van der Waals surface area (Å²) in [5.41, 5.74) is 8.90. The van der Waals surface area contributed by atoms with Crippen molar-refractivity contribution in [2.45, 2.75) is 26.8 Å². The van der Waals surface area contributed by atoms with Crippen LogP contribution in [0, 0.1) is 5.92 Å². The molecule has 1 atom stereocenters. The summed E-state index contributed by atoms with van der Waals surface area (Å²) in [5, 5.41) is 8.23. The molecule has 0 aliphatic heterocycles. The van der Waals surface area contributed by atoms with Crippen molar-refractivity contribution in [3.05, 3.63) is 29.8 Å². The Morgan fingerprint density at radius 1 is 1.26 bits per heavy atom. The van der Waals surface area contributed by atoms with E-state index in [1.807, 2.05) is 6.07 Å². The first kappa shape index (κ1) is 17.1. The highest BCUT2D eigenvalue weighted by atomic mass is 16.4. The van der Waals surface area contributed by atoms with Gasteiger partial charge in [0.25, 0.3) is 0 Å². The quantitative estimate of drug-likeness (QED) is 0.370. The van der Waals surface area contributed by atoms with Gasteiger partial charge in [0.2, 0.25) is 0 Å². The van der Waals surface area contributed by atoms with Crippen LogP contribution in [0.15, 0.2) is 24.3 Å². The molecule has 1 rings (SSSR count). The van der Waals surface area contributed by atoms with Crippen LogP contribution >= 0.6 is 0 Å². The zero-order valence-electron chi connectivity index (χ0n) is 11.4. The maximum Gasteiger partial charge on any atom is 0.320 e. The Labute approximate surface area is 112 Å². The number of carboxylic acids is 1. The van der Waals surface area contributed by atoms with Gasteiger partial charge in [0.1, 0.15) is 6.04 Å². The third-order valence-electron chi connectivity index (χ3n) is 2.47. The van der Waals surface area contributed by atoms with E-state index in [0.29, 0.717) is 11.3 Å². The average Bonchev–Trinajstić information content (AvgIpc) is 2.38. The van der Waals surface area contributed by atoms with Crippen LogP contribution in [0.4, 0.5) is 5.69 Å². The minimum Gasteiger partial charge on any atom is -0.480 e. The number of nitrogen functional groups attached to an aromatic ring is 1. The van der Waals surface area contributed by atoms with Crippen LogP contribution in [0.5, 0.6) is 0 Å². The molecule has 19 heavy (non-hydrogen) atoms. The highest BCUT2D eigenvalue weighted by Crippen LogP contribution is 2.13. The number of aliphatic carboxylic acids is 1. The van der Waals surface area contributed by atoms with Crippen molar-refractivity contribution < 1.29 is 14.7 Å². The first-order chi connectivity index (χ1) is 8.81. The summed E-state index contributed by atoms with van der Waals surface area (Å²) in [7, 11) is 0. The third kappa shape index (κ3) is 5.98. The molecule has 6 heteroatoms. The topological polar surface area (TPSA) is 118 Å². The molecule has 6 N–H and O–H groups in total. The number of carboxylic acid groups (broad SMARTS) is 1. The van der Waals surface area contributed by atoms with E-state index >= 15 is 0 Å². The van der Waals surface area contributed by atoms with E-state index < -0.39 is 12.0 Å². The van der Waals surface area contributed by atoms with E-state index in [1.54, 1.807) is 32.0 Å². The maximum absolute atomic E-state index is 10.9. The van der Waals surface area contributed by atoms with Crippen molar-refractivity contribution >= 4 is 17.4 Å². The minimum absolute atomic E-state index is 0.0125. The lowest BCUT2D eigenvalue weighted by Crippen LogP contribution is -2.34. The van der Waals surface area contributed by atoms with E-state index in [9.17, 15) is 9.59 Å². The van der Waals surface area contributed by atoms with Crippen molar-refractivity contribution in [2.24, 2.45) is 17.5 Å². The van der Waals surface area contributed by atoms with Gasteiger partial charge >= 0.3 is 5.97 Å². The van der Waals surface area contributed by atoms with Crippen LogP contribution in [0.3, 0.4) is 0 Å². The van der Waals surface area contributed by atoms with Crippen LogP contribution in [0.1, 0.15) is 31.1 Å². The molecule has 0 saturated carbocycles. The number of hydrogen-bond acceptors (Lipinski definition) is 5. The van der Waals surface area contributed by atoms with Crippen molar-refractivity contribution in [2.75, 3.05) is 5.43 Å². The fraction of sp³-hybridized carbons (Fsp3) is 0.385. The summed E-state index contributed by atoms with van der Waals surface area (Å²) in [4.78, 5) is 20.9. The molecule has 1 aromatic carbocycles. The standard InChI is InChI=1S/C8H10N2O.C5H11NO2/c1-6(11)7-4-2-3-5-8(7)10-9;1-3(2)4(6)5(7)8/h2-5,10H,9H2,1H3;3-4H,6H2,1-2H3,(H,7,8). The van der Waals surface area contributed by atoms with Crippen LogP contribution in [0.2, 0.25) is 0 Å². The predicted molar refractivity (Wildman–Crippen MR) is 74.7 cm³/mol. The second-order valence-corrected chi connectivity index (χ2v) is 4.35. The number of nitrogens with one attached hydrogen (secondary N) is 1. The van der Waals surface area contributed by atoms with Crippen molar-refractivity contribution in [1.82, 2.24) is 0 Å². The smallest absolute Gasteiger partial charge is 0.320 e. The average molecular weight is 267 g/mol. The number of anilines is 1. The number of carbonyl (C=O) groups is 2. The van der Waals surface area contributed by atoms with Gasteiger partial charge in [-0.15, -0.1) is 0 Å². The van der Waals surface area contributed by atoms with Gasteiger partial charge in [0, 0.05) is 5.56 Å². The molecule has 0 amide bonds. The fourth-order valence-electron chi connectivity index (χ4n) is 1.20. The highest BCUT2D eigenvalue weighted by Gasteiger charge is 2.14. The zero-order chi connectivity index (χ0) is 15.0. The third-order valence-corrected chi connectivity index (χ3v) is 2.47. The molecule has 0 heterocycles. The number of nitrogens with two attached hydrogens (primary N) is 2. The second kappa shape index (κ2) is 8.23. The summed E-state index contributed by atoms with van der Waals surface area (Å²) in [5.74, 6) is 4.29. The number of hydrazine groups is 1. The monoisotopic (exact) mass is 267 g/mol. The predicted octanol–water partition coefficient (Wildman–Crippen LogP) is 1.23. The Balaban J connectivity index is 0.000000362. The Hall–Kier alpha value is -1.92. The van der Waals surface area contributed by atoms with Crippen LogP contribution in [0.25, 0.3) is 0 Å². The molecule has 0 saturated heterocycles. The number of rotatable bonds is 4. The number of benzene rings is 1. The number of carbonyl (C=O) groups excluding carboxylic acids is 1. The molecule has 6 nitrogen and oxygen atoms in total. The Bertz CT molecular complexity index is 433. The van der Waals surface area contributed by atoms with Gasteiger partial charge in [-0.2, -0.15) is 0 Å². The van der Waals surface area contributed by atoms with E-state index in [1.165, 1.54) is 6.92 Å². The molecule has 0 fully saturated rings. The first-order valence-electron chi connectivity index (χ1n) is 5.86. The molecule has 1 aromatic rings. The van der Waals surface area contributed by atoms with E-state index in [-0.39, 0.29) is 11.7 Å². The van der Waals surface area contributed by atoms with Gasteiger partial charge in [-0.1, -0.05) is 26.0 Å². The van der Waals surface area contributed by atoms with E-state index in [4.69, 9.17) is 16.7 Å². The van der Waals surface area contributed by atoms with Gasteiger partial charge in [-0.3, -0.25) is 15.4 Å². The minimum atomic E-state index is -0.931. The lowest BCUT2D eigenvalue weighted by Gasteiger charge is -2.07. The van der Waals surface area contributed by atoms with Gasteiger partial charge in [0.05, 0.1) is 5.69 Å². The van der Waals surface area contributed by atoms with Gasteiger partial charge in [0.15, 0.2) is 5.78 Å². The number of Topliss-reactive ketones (excluding diaryl/α,β-unsaturated/α-hetero) is 1. The molecule has 0 spiro atoms. The second-order valence-electron chi connectivity index (χ2n) is 4.35. The Morgan fingerprint density at radius 3 is 2.05 bits per heavy atom. The maximum atomic E-state index is 10.9. The molecule has 0 bridgehead atoms. The number of hydrogen-bond donors (Lipinski definition) is 4. The van der Waals surface area contributed by atoms with Crippen molar-refractivity contribution in [1.29, 1.82) is 0 Å². The van der Waals surface area contributed by atoms with Crippen LogP contribution < -0.4 is 17.0 Å². The molecule has 0 aliphatic carbocycles. The summed E-state index contributed by atoms with van der Waals surface area (Å²) in [6.07, 6.45) is 0. The van der Waals surface area contributed by atoms with Crippen LogP contribution in [-0.4, -0.2) is 22.9 Å². The molecule has 0 aliphatic rings. The Kier molecular flexibility index (Phi) is 7.40. The lowest BCUT2D eigenvalue weighted by atomic mass is 10.1. The largest absolute Gasteiger partial charge is 0.480 e. The van der Waals surface area contributed by atoms with Gasteiger partial charge < -0.3 is 16.3 Å². The van der Waals surface area contributed by atoms with Gasteiger partial charge in [-0.25, -0.2) is 0 Å². The normalized spacial score (nSPS) is 11.3. The molecular weight excluding hydrogens is 246 g/mol.